The van der Waals surface area contributed by atoms with Gasteiger partial charge in [0.25, 0.3) is 5.91 Å². The molecule has 0 aliphatic heterocycles. The Kier molecular flexibility index (Phi) is 4.06. The number of nitrogens with one attached hydrogen (secondary N) is 1. The van der Waals surface area contributed by atoms with Crippen molar-refractivity contribution in [2.75, 3.05) is 0 Å². The predicted molar refractivity (Wildman–Crippen MR) is 84.0 cm³/mol. The third-order valence-corrected chi connectivity index (χ3v) is 3.50. The third kappa shape index (κ3) is 3.25. The molecule has 22 heavy (non-hydrogen) atoms. The van der Waals surface area contributed by atoms with E-state index in [1.54, 1.807) is 29.2 Å². The first-order valence-electron chi connectivity index (χ1n) is 6.59. The minimum atomic E-state index is -0.262. The summed E-state index contributed by atoms with van der Waals surface area (Å²) < 4.78 is 7.45. The first-order chi connectivity index (χ1) is 10.6. The van der Waals surface area contributed by atoms with Crippen LogP contribution in [0.3, 0.4) is 0 Å². The lowest BCUT2D eigenvalue weighted by molar-refractivity contribution is 0.0922. The van der Waals surface area contributed by atoms with Crippen molar-refractivity contribution in [1.29, 1.82) is 0 Å². The fourth-order valence-corrected chi connectivity index (χ4v) is 2.27. The molecule has 7 heteroatoms. The summed E-state index contributed by atoms with van der Waals surface area (Å²) in [5.74, 6) is 0.00819. The monoisotopic (exact) mass is 360 g/mol. The molecule has 6 nitrogen and oxygen atoms in total. The molecule has 0 radical (unpaired) electrons. The Morgan fingerprint density at radius 3 is 2.77 bits per heavy atom. The molecule has 0 spiro atoms. The van der Waals surface area contributed by atoms with Crippen LogP contribution in [-0.2, 0) is 13.6 Å². The molecule has 0 bridgehead atoms. The largest absolute Gasteiger partial charge is 0.444 e. The lowest BCUT2D eigenvalue weighted by Crippen LogP contribution is -2.22. The van der Waals surface area contributed by atoms with E-state index < -0.39 is 0 Å². The number of nitrogens with zero attached hydrogens (tertiary/aromatic N) is 3. The van der Waals surface area contributed by atoms with Gasteiger partial charge in [-0.15, -0.1) is 0 Å². The number of carbonyl (C=O) groups is 1. The molecule has 1 N–H and O–H groups in total. The van der Waals surface area contributed by atoms with Crippen molar-refractivity contribution in [3.63, 3.8) is 0 Å². The van der Waals surface area contributed by atoms with Crippen LogP contribution in [0.25, 0.3) is 11.3 Å². The van der Waals surface area contributed by atoms with Crippen molar-refractivity contribution in [2.45, 2.75) is 6.54 Å². The van der Waals surface area contributed by atoms with Crippen molar-refractivity contribution in [3.8, 4) is 11.3 Å². The van der Waals surface area contributed by atoms with Gasteiger partial charge < -0.3 is 9.73 Å². The van der Waals surface area contributed by atoms with Gasteiger partial charge in [0.15, 0.2) is 10.4 Å². The number of aryl methyl sites for hydroxylation is 1. The van der Waals surface area contributed by atoms with E-state index in [2.05, 4.69) is 31.3 Å². The predicted octanol–water partition coefficient (Wildman–Crippen LogP) is 2.77. The van der Waals surface area contributed by atoms with E-state index in [0.29, 0.717) is 11.2 Å². The molecule has 1 amide bonds. The highest BCUT2D eigenvalue weighted by atomic mass is 79.9. The molecule has 3 aromatic rings. The van der Waals surface area contributed by atoms with E-state index in [1.165, 1.54) is 0 Å². The minimum Gasteiger partial charge on any atom is -0.444 e. The molecular weight excluding hydrogens is 348 g/mol. The number of amides is 1. The van der Waals surface area contributed by atoms with Gasteiger partial charge in [0, 0.05) is 31.5 Å². The summed E-state index contributed by atoms with van der Waals surface area (Å²) in [5, 5.41) is 6.90. The second-order valence-electron chi connectivity index (χ2n) is 4.74. The van der Waals surface area contributed by atoms with E-state index in [4.69, 9.17) is 4.42 Å². The van der Waals surface area contributed by atoms with Gasteiger partial charge in [-0.1, -0.05) is 6.07 Å². The lowest BCUT2D eigenvalue weighted by Gasteiger charge is -2.04. The van der Waals surface area contributed by atoms with Gasteiger partial charge in [-0.3, -0.25) is 14.5 Å². The van der Waals surface area contributed by atoms with E-state index in [-0.39, 0.29) is 11.7 Å². The Morgan fingerprint density at radius 1 is 1.32 bits per heavy atom. The number of pyridine rings is 1. The van der Waals surface area contributed by atoms with E-state index >= 15 is 0 Å². The van der Waals surface area contributed by atoms with Gasteiger partial charge in [-0.2, -0.15) is 5.10 Å². The molecule has 112 valence electrons. The first-order valence-corrected chi connectivity index (χ1v) is 7.38. The van der Waals surface area contributed by atoms with Gasteiger partial charge in [-0.25, -0.2) is 0 Å². The molecular formula is C15H13BrN4O2. The summed E-state index contributed by atoms with van der Waals surface area (Å²) in [6, 6.07) is 7.12. The van der Waals surface area contributed by atoms with Crippen LogP contribution in [0, 0.1) is 0 Å². The number of hydrogen-bond donors (Lipinski definition) is 1. The van der Waals surface area contributed by atoms with Crippen LogP contribution >= 0.6 is 15.9 Å². The van der Waals surface area contributed by atoms with Crippen LogP contribution in [0.2, 0.25) is 0 Å². The summed E-state index contributed by atoms with van der Waals surface area (Å²) in [7, 11) is 1.86. The standard InChI is InChI=1S/C15H13BrN4O2/c1-20-9-11(8-19-20)12-3-2-10(6-17-12)7-18-15(21)13-4-5-14(16)22-13/h2-6,8-9H,7H2,1H3,(H,18,21). The first kappa shape index (κ1) is 14.5. The number of aromatic nitrogens is 3. The highest BCUT2D eigenvalue weighted by molar-refractivity contribution is 9.10. The average Bonchev–Trinajstić information content (AvgIpc) is 3.14. The van der Waals surface area contributed by atoms with Gasteiger partial charge in [0.2, 0.25) is 0 Å². The summed E-state index contributed by atoms with van der Waals surface area (Å²) in [6.45, 7) is 0.386. The SMILES string of the molecule is Cn1cc(-c2ccc(CNC(=O)c3ccc(Br)o3)cn2)cn1. The van der Waals surface area contributed by atoms with Crippen molar-refractivity contribution < 1.29 is 9.21 Å². The van der Waals surface area contributed by atoms with Crippen LogP contribution in [0.15, 0.2) is 51.9 Å². The molecule has 0 unspecified atom stereocenters. The van der Waals surface area contributed by atoms with Crippen LogP contribution in [-0.4, -0.2) is 20.7 Å². The summed E-state index contributed by atoms with van der Waals surface area (Å²) in [6.07, 6.45) is 5.40. The maximum atomic E-state index is 11.9. The van der Waals surface area contributed by atoms with Crippen LogP contribution in [0.1, 0.15) is 16.1 Å². The van der Waals surface area contributed by atoms with Crippen LogP contribution in [0.4, 0.5) is 0 Å². The highest BCUT2D eigenvalue weighted by Gasteiger charge is 2.10. The third-order valence-electron chi connectivity index (χ3n) is 3.08. The quantitative estimate of drug-likeness (QED) is 0.776. The second-order valence-corrected chi connectivity index (χ2v) is 5.52. The molecule has 0 atom stereocenters. The summed E-state index contributed by atoms with van der Waals surface area (Å²) in [4.78, 5) is 16.2. The summed E-state index contributed by atoms with van der Waals surface area (Å²) >= 11 is 3.16. The van der Waals surface area contributed by atoms with Gasteiger partial charge >= 0.3 is 0 Å². The topological polar surface area (TPSA) is 73.0 Å². The maximum absolute atomic E-state index is 11.9. The fraction of sp³-hybridized carbons (Fsp3) is 0.133. The Bertz CT molecular complexity index is 792. The Hall–Kier alpha value is -2.41. The molecule has 3 heterocycles. The minimum absolute atomic E-state index is 0.262. The Morgan fingerprint density at radius 2 is 2.18 bits per heavy atom. The van der Waals surface area contributed by atoms with Gasteiger partial charge in [0.1, 0.15) is 0 Å². The summed E-state index contributed by atoms with van der Waals surface area (Å²) in [5.41, 5.74) is 2.71. The lowest BCUT2D eigenvalue weighted by atomic mass is 10.2. The smallest absolute Gasteiger partial charge is 0.287 e. The number of rotatable bonds is 4. The second kappa shape index (κ2) is 6.15. The Labute approximate surface area is 135 Å². The average molecular weight is 361 g/mol. The zero-order valence-electron chi connectivity index (χ0n) is 11.8. The highest BCUT2D eigenvalue weighted by Crippen LogP contribution is 2.16. The zero-order chi connectivity index (χ0) is 15.5. The van der Waals surface area contributed by atoms with Crippen molar-refractivity contribution in [3.05, 3.63) is 58.8 Å². The van der Waals surface area contributed by atoms with Gasteiger partial charge in [-0.05, 0) is 39.7 Å². The fourth-order valence-electron chi connectivity index (χ4n) is 1.96. The van der Waals surface area contributed by atoms with E-state index in [9.17, 15) is 4.79 Å². The van der Waals surface area contributed by atoms with Crippen molar-refractivity contribution in [1.82, 2.24) is 20.1 Å². The number of hydrogen-bond acceptors (Lipinski definition) is 4. The molecule has 0 saturated carbocycles. The molecule has 3 aromatic heterocycles. The van der Waals surface area contributed by atoms with E-state index in [0.717, 1.165) is 16.8 Å². The molecule has 3 rings (SSSR count). The molecule has 0 aliphatic carbocycles. The number of furan rings is 1. The molecule has 0 aromatic carbocycles. The number of carbonyl (C=O) groups excluding carboxylic acids is 1. The maximum Gasteiger partial charge on any atom is 0.287 e. The van der Waals surface area contributed by atoms with Crippen LogP contribution in [0.5, 0.6) is 0 Å². The van der Waals surface area contributed by atoms with Crippen LogP contribution < -0.4 is 5.32 Å². The normalized spacial score (nSPS) is 10.6. The molecule has 0 saturated heterocycles. The van der Waals surface area contributed by atoms with Crippen molar-refractivity contribution >= 4 is 21.8 Å². The number of halogens is 1. The molecule has 0 fully saturated rings. The van der Waals surface area contributed by atoms with E-state index in [1.807, 2.05) is 25.4 Å². The Balaban J connectivity index is 1.63. The zero-order valence-corrected chi connectivity index (χ0v) is 13.4. The van der Waals surface area contributed by atoms with Gasteiger partial charge in [0.05, 0.1) is 11.9 Å². The van der Waals surface area contributed by atoms with Crippen molar-refractivity contribution in [2.24, 2.45) is 7.05 Å². The molecule has 0 aliphatic rings.